The van der Waals surface area contributed by atoms with Gasteiger partial charge in [-0.1, -0.05) is 24.6 Å². The van der Waals surface area contributed by atoms with Crippen molar-refractivity contribution >= 4 is 11.9 Å². The van der Waals surface area contributed by atoms with E-state index < -0.39 is 11.9 Å². The second-order valence-electron chi connectivity index (χ2n) is 4.57. The molecular weight excluding hydrogens is 244 g/mol. The van der Waals surface area contributed by atoms with Gasteiger partial charge in [0.15, 0.2) is 0 Å². The van der Waals surface area contributed by atoms with E-state index in [1.807, 2.05) is 19.1 Å². The average molecular weight is 264 g/mol. The highest BCUT2D eigenvalue weighted by molar-refractivity contribution is 5.94. The van der Waals surface area contributed by atoms with Crippen LogP contribution < -0.4 is 10.6 Å². The summed E-state index contributed by atoms with van der Waals surface area (Å²) in [7, 11) is 0. The summed E-state index contributed by atoms with van der Waals surface area (Å²) in [4.78, 5) is 22.3. The highest BCUT2D eigenvalue weighted by atomic mass is 16.4. The van der Waals surface area contributed by atoms with Crippen LogP contribution in [-0.2, 0) is 4.79 Å². The molecule has 1 rings (SSSR count). The van der Waals surface area contributed by atoms with Gasteiger partial charge in [0.05, 0.1) is 5.92 Å². The van der Waals surface area contributed by atoms with Crippen LogP contribution in [0.4, 0.5) is 0 Å². The SMILES string of the molecule is Cc1ccc(C(=O)NCCNCC(C)C(=O)O)cc1. The number of carbonyl (C=O) groups excluding carboxylic acids is 1. The summed E-state index contributed by atoms with van der Waals surface area (Å²) in [6.07, 6.45) is 0. The van der Waals surface area contributed by atoms with Gasteiger partial charge in [-0.3, -0.25) is 9.59 Å². The van der Waals surface area contributed by atoms with Crippen LogP contribution in [-0.4, -0.2) is 36.6 Å². The van der Waals surface area contributed by atoms with E-state index in [0.717, 1.165) is 5.56 Å². The van der Waals surface area contributed by atoms with Gasteiger partial charge >= 0.3 is 5.97 Å². The van der Waals surface area contributed by atoms with E-state index in [1.165, 1.54) is 0 Å². The normalized spacial score (nSPS) is 11.9. The van der Waals surface area contributed by atoms with Gasteiger partial charge in [0.2, 0.25) is 0 Å². The Morgan fingerprint density at radius 3 is 2.42 bits per heavy atom. The first-order chi connectivity index (χ1) is 9.00. The number of aryl methyl sites for hydroxylation is 1. The maximum absolute atomic E-state index is 11.7. The van der Waals surface area contributed by atoms with Crippen molar-refractivity contribution in [1.82, 2.24) is 10.6 Å². The molecule has 104 valence electrons. The number of carboxylic acids is 1. The zero-order chi connectivity index (χ0) is 14.3. The van der Waals surface area contributed by atoms with Gasteiger partial charge in [-0.05, 0) is 19.1 Å². The highest BCUT2D eigenvalue weighted by Gasteiger charge is 2.09. The van der Waals surface area contributed by atoms with Crippen LogP contribution in [0.3, 0.4) is 0 Å². The van der Waals surface area contributed by atoms with E-state index in [9.17, 15) is 9.59 Å². The number of hydrogen-bond acceptors (Lipinski definition) is 3. The first-order valence-corrected chi connectivity index (χ1v) is 6.29. The molecule has 1 aromatic carbocycles. The van der Waals surface area contributed by atoms with Crippen LogP contribution >= 0.6 is 0 Å². The first-order valence-electron chi connectivity index (χ1n) is 6.29. The Hall–Kier alpha value is -1.88. The predicted octanol–water partition coefficient (Wildman–Crippen LogP) is 1.04. The Balaban J connectivity index is 2.21. The minimum Gasteiger partial charge on any atom is -0.481 e. The van der Waals surface area contributed by atoms with Crippen LogP contribution in [0.25, 0.3) is 0 Å². The van der Waals surface area contributed by atoms with Crippen LogP contribution in [0.1, 0.15) is 22.8 Å². The number of nitrogens with one attached hydrogen (secondary N) is 2. The van der Waals surface area contributed by atoms with Crippen LogP contribution in [0, 0.1) is 12.8 Å². The molecule has 0 saturated heterocycles. The molecule has 0 bridgehead atoms. The van der Waals surface area contributed by atoms with Crippen molar-refractivity contribution in [1.29, 1.82) is 0 Å². The maximum atomic E-state index is 11.7. The molecule has 1 atom stereocenters. The average Bonchev–Trinajstić information content (AvgIpc) is 2.38. The Kier molecular flexibility index (Phi) is 6.02. The lowest BCUT2D eigenvalue weighted by molar-refractivity contribution is -0.140. The number of rotatable bonds is 7. The van der Waals surface area contributed by atoms with Crippen molar-refractivity contribution < 1.29 is 14.7 Å². The summed E-state index contributed by atoms with van der Waals surface area (Å²) >= 11 is 0. The molecule has 5 nitrogen and oxygen atoms in total. The summed E-state index contributed by atoms with van der Waals surface area (Å²) in [6.45, 7) is 5.03. The summed E-state index contributed by atoms with van der Waals surface area (Å²) in [5, 5.41) is 14.4. The fourth-order valence-electron chi connectivity index (χ4n) is 1.48. The van der Waals surface area contributed by atoms with Gasteiger partial charge in [0.1, 0.15) is 0 Å². The third-order valence-corrected chi connectivity index (χ3v) is 2.77. The molecule has 0 fully saturated rings. The van der Waals surface area contributed by atoms with Crippen LogP contribution in [0.2, 0.25) is 0 Å². The predicted molar refractivity (Wildman–Crippen MR) is 73.2 cm³/mol. The summed E-state index contributed by atoms with van der Waals surface area (Å²) in [5.41, 5.74) is 1.74. The number of amides is 1. The Morgan fingerprint density at radius 1 is 1.21 bits per heavy atom. The van der Waals surface area contributed by atoms with E-state index in [4.69, 9.17) is 5.11 Å². The lowest BCUT2D eigenvalue weighted by Gasteiger charge is -2.09. The molecule has 0 aromatic heterocycles. The van der Waals surface area contributed by atoms with Gasteiger partial charge in [-0.15, -0.1) is 0 Å². The maximum Gasteiger partial charge on any atom is 0.307 e. The molecule has 19 heavy (non-hydrogen) atoms. The lowest BCUT2D eigenvalue weighted by atomic mass is 10.1. The van der Waals surface area contributed by atoms with Crippen LogP contribution in [0.5, 0.6) is 0 Å². The quantitative estimate of drug-likeness (QED) is 0.643. The van der Waals surface area contributed by atoms with Crippen molar-refractivity contribution in [2.24, 2.45) is 5.92 Å². The molecule has 0 aliphatic rings. The fraction of sp³-hybridized carbons (Fsp3) is 0.429. The molecular formula is C14H20N2O3. The second kappa shape index (κ2) is 7.53. The molecule has 1 unspecified atom stereocenters. The Bertz CT molecular complexity index is 429. The molecule has 0 aliphatic heterocycles. The topological polar surface area (TPSA) is 78.4 Å². The van der Waals surface area contributed by atoms with E-state index in [1.54, 1.807) is 19.1 Å². The number of carboxylic acid groups (broad SMARTS) is 1. The number of hydrogen-bond donors (Lipinski definition) is 3. The van der Waals surface area contributed by atoms with E-state index >= 15 is 0 Å². The fourth-order valence-corrected chi connectivity index (χ4v) is 1.48. The second-order valence-corrected chi connectivity index (χ2v) is 4.57. The number of aliphatic carboxylic acids is 1. The number of carbonyl (C=O) groups is 2. The minimum atomic E-state index is -0.823. The standard InChI is InChI=1S/C14H20N2O3/c1-10-3-5-12(6-4-10)13(17)16-8-7-15-9-11(2)14(18)19/h3-6,11,15H,7-9H2,1-2H3,(H,16,17)(H,18,19). The molecule has 0 aliphatic carbocycles. The zero-order valence-electron chi connectivity index (χ0n) is 11.3. The molecule has 0 radical (unpaired) electrons. The zero-order valence-corrected chi connectivity index (χ0v) is 11.3. The highest BCUT2D eigenvalue weighted by Crippen LogP contribution is 2.02. The van der Waals surface area contributed by atoms with Crippen molar-refractivity contribution in [3.8, 4) is 0 Å². The molecule has 1 amide bonds. The molecule has 0 saturated carbocycles. The Morgan fingerprint density at radius 2 is 1.84 bits per heavy atom. The molecule has 3 N–H and O–H groups in total. The van der Waals surface area contributed by atoms with Crippen molar-refractivity contribution in [3.05, 3.63) is 35.4 Å². The van der Waals surface area contributed by atoms with E-state index in [2.05, 4.69) is 10.6 Å². The third kappa shape index (κ3) is 5.52. The minimum absolute atomic E-state index is 0.118. The molecule has 0 heterocycles. The van der Waals surface area contributed by atoms with Crippen LogP contribution in [0.15, 0.2) is 24.3 Å². The van der Waals surface area contributed by atoms with Gasteiger partial charge in [0.25, 0.3) is 5.91 Å². The van der Waals surface area contributed by atoms with E-state index in [0.29, 0.717) is 25.2 Å². The van der Waals surface area contributed by atoms with Crippen molar-refractivity contribution in [2.45, 2.75) is 13.8 Å². The largest absolute Gasteiger partial charge is 0.481 e. The smallest absolute Gasteiger partial charge is 0.307 e. The molecule has 5 heteroatoms. The number of benzene rings is 1. The summed E-state index contributed by atoms with van der Waals surface area (Å²) < 4.78 is 0. The van der Waals surface area contributed by atoms with Gasteiger partial charge in [0, 0.05) is 25.2 Å². The monoisotopic (exact) mass is 264 g/mol. The molecule has 0 spiro atoms. The van der Waals surface area contributed by atoms with Crippen molar-refractivity contribution in [2.75, 3.05) is 19.6 Å². The molecule has 1 aromatic rings. The Labute approximate surface area is 113 Å². The van der Waals surface area contributed by atoms with E-state index in [-0.39, 0.29) is 5.91 Å². The van der Waals surface area contributed by atoms with Gasteiger partial charge in [-0.2, -0.15) is 0 Å². The van der Waals surface area contributed by atoms with Crippen molar-refractivity contribution in [3.63, 3.8) is 0 Å². The summed E-state index contributed by atoms with van der Waals surface area (Å²) in [5.74, 6) is -1.36. The lowest BCUT2D eigenvalue weighted by Crippen LogP contribution is -2.34. The summed E-state index contributed by atoms with van der Waals surface area (Å²) in [6, 6.07) is 7.35. The van der Waals surface area contributed by atoms with Gasteiger partial charge in [-0.25, -0.2) is 0 Å². The first kappa shape index (κ1) is 15.2. The third-order valence-electron chi connectivity index (χ3n) is 2.77. The van der Waals surface area contributed by atoms with Gasteiger partial charge < -0.3 is 15.7 Å².